The van der Waals surface area contributed by atoms with Crippen molar-refractivity contribution in [2.24, 2.45) is 0 Å². The first kappa shape index (κ1) is 26.5. The van der Waals surface area contributed by atoms with Crippen molar-refractivity contribution in [2.45, 2.75) is 63.8 Å². The van der Waals surface area contributed by atoms with Crippen LogP contribution >= 0.6 is 0 Å². The number of hydrogen-bond acceptors (Lipinski definition) is 3. The third kappa shape index (κ3) is 6.51. The summed E-state index contributed by atoms with van der Waals surface area (Å²) in [6.45, 7) is 12.2. The Labute approximate surface area is 210 Å². The number of anilines is 1. The number of carbonyl (C=O) groups excluding carboxylic acids is 1. The minimum atomic E-state index is -3.93. The molecule has 0 aliphatic rings. The average Bonchev–Trinajstić information content (AvgIpc) is 2.82. The first-order chi connectivity index (χ1) is 16.4. The lowest BCUT2D eigenvalue weighted by Crippen LogP contribution is -2.41. The largest absolute Gasteiger partial charge is 0.348 e. The van der Waals surface area contributed by atoms with Crippen LogP contribution in [0.5, 0.6) is 0 Å². The van der Waals surface area contributed by atoms with Gasteiger partial charge in [0.25, 0.3) is 10.0 Å². The van der Waals surface area contributed by atoms with E-state index >= 15 is 0 Å². The molecular weight excluding hydrogens is 456 g/mol. The molecule has 0 aromatic heterocycles. The number of nitrogens with one attached hydrogen (secondary N) is 1. The minimum absolute atomic E-state index is 0.0441. The van der Waals surface area contributed by atoms with E-state index < -0.39 is 10.0 Å². The molecule has 0 aliphatic heterocycles. The number of hydrogen-bond donors (Lipinski definition) is 1. The van der Waals surface area contributed by atoms with Crippen molar-refractivity contribution >= 4 is 21.6 Å². The molecule has 3 aromatic rings. The number of sulfonamides is 1. The molecule has 5 nitrogen and oxygen atoms in total. The third-order valence-corrected chi connectivity index (χ3v) is 7.91. The highest BCUT2D eigenvalue weighted by Gasteiger charge is 2.27. The Morgan fingerprint density at radius 1 is 0.829 bits per heavy atom. The molecule has 0 spiro atoms. The topological polar surface area (TPSA) is 66.5 Å². The molecule has 0 saturated carbocycles. The summed E-state index contributed by atoms with van der Waals surface area (Å²) in [7, 11) is -3.93. The van der Waals surface area contributed by atoms with Gasteiger partial charge >= 0.3 is 0 Å². The summed E-state index contributed by atoms with van der Waals surface area (Å²) in [5.41, 5.74) is 3.77. The van der Waals surface area contributed by atoms with Crippen molar-refractivity contribution in [3.8, 4) is 0 Å². The molecule has 0 radical (unpaired) electrons. The molecule has 1 amide bonds. The second-order valence-electron chi connectivity index (χ2n) is 10.2. The lowest BCUT2D eigenvalue weighted by Gasteiger charge is -2.26. The van der Waals surface area contributed by atoms with Crippen LogP contribution in [0, 0.1) is 0 Å². The van der Waals surface area contributed by atoms with Crippen molar-refractivity contribution in [1.82, 2.24) is 5.32 Å². The van der Waals surface area contributed by atoms with Crippen LogP contribution in [0.15, 0.2) is 83.8 Å². The predicted octanol–water partition coefficient (Wildman–Crippen LogP) is 6.18. The van der Waals surface area contributed by atoms with Crippen LogP contribution in [-0.2, 0) is 20.2 Å². The smallest absolute Gasteiger partial charge is 0.264 e. The maximum atomic E-state index is 13.5. The van der Waals surface area contributed by atoms with Crippen molar-refractivity contribution in [1.29, 1.82) is 0 Å². The second kappa shape index (κ2) is 10.6. The summed E-state index contributed by atoms with van der Waals surface area (Å²) in [5.74, 6) is -0.0538. The molecule has 3 aromatic carbocycles. The van der Waals surface area contributed by atoms with Gasteiger partial charge in [0.1, 0.15) is 6.54 Å². The van der Waals surface area contributed by atoms with E-state index in [9.17, 15) is 13.2 Å². The van der Waals surface area contributed by atoms with Gasteiger partial charge in [0.15, 0.2) is 0 Å². The maximum Gasteiger partial charge on any atom is 0.264 e. The Bertz CT molecular complexity index is 1230. The highest BCUT2D eigenvalue weighted by molar-refractivity contribution is 7.92. The Kier molecular flexibility index (Phi) is 8.06. The quantitative estimate of drug-likeness (QED) is 0.408. The zero-order valence-corrected chi connectivity index (χ0v) is 22.3. The van der Waals surface area contributed by atoms with Gasteiger partial charge in [-0.15, -0.1) is 0 Å². The first-order valence-electron chi connectivity index (χ1n) is 12.0. The van der Waals surface area contributed by atoms with Gasteiger partial charge in [-0.3, -0.25) is 9.10 Å². The van der Waals surface area contributed by atoms with Gasteiger partial charge in [0, 0.05) is 0 Å². The summed E-state index contributed by atoms with van der Waals surface area (Å²) in [4.78, 5) is 13.2. The van der Waals surface area contributed by atoms with Crippen molar-refractivity contribution in [3.05, 3.63) is 95.6 Å². The number of benzene rings is 3. The summed E-state index contributed by atoms with van der Waals surface area (Å²) < 4.78 is 28.2. The van der Waals surface area contributed by atoms with Crippen molar-refractivity contribution in [2.75, 3.05) is 10.8 Å². The summed E-state index contributed by atoms with van der Waals surface area (Å²) >= 11 is 0. The Balaban J connectivity index is 1.85. The van der Waals surface area contributed by atoms with Crippen molar-refractivity contribution < 1.29 is 13.2 Å². The van der Waals surface area contributed by atoms with E-state index in [1.54, 1.807) is 42.5 Å². The van der Waals surface area contributed by atoms with Crippen LogP contribution in [0.1, 0.15) is 70.2 Å². The zero-order chi connectivity index (χ0) is 25.8. The Morgan fingerprint density at radius 3 is 1.89 bits per heavy atom. The van der Waals surface area contributed by atoms with Gasteiger partial charge in [-0.1, -0.05) is 89.2 Å². The maximum absolute atomic E-state index is 13.5. The monoisotopic (exact) mass is 492 g/mol. The minimum Gasteiger partial charge on any atom is -0.348 e. The van der Waals surface area contributed by atoms with Crippen LogP contribution in [0.3, 0.4) is 0 Å². The summed E-state index contributed by atoms with van der Waals surface area (Å²) in [5, 5.41) is 2.96. The van der Waals surface area contributed by atoms with Crippen LogP contribution in [0.2, 0.25) is 0 Å². The molecule has 1 N–H and O–H groups in total. The van der Waals surface area contributed by atoms with Crippen LogP contribution in [-0.4, -0.2) is 20.9 Å². The van der Waals surface area contributed by atoms with E-state index in [1.165, 1.54) is 9.87 Å². The molecule has 0 fully saturated rings. The van der Waals surface area contributed by atoms with Gasteiger partial charge in [-0.05, 0) is 59.2 Å². The third-order valence-electron chi connectivity index (χ3n) is 6.12. The Morgan fingerprint density at radius 2 is 1.37 bits per heavy atom. The predicted molar refractivity (Wildman–Crippen MR) is 143 cm³/mol. The molecule has 0 saturated heterocycles. The van der Waals surface area contributed by atoms with Gasteiger partial charge in [0.2, 0.25) is 5.91 Å². The molecule has 6 heteroatoms. The molecule has 186 valence electrons. The van der Waals surface area contributed by atoms with Crippen LogP contribution in [0.25, 0.3) is 0 Å². The number of rotatable bonds is 8. The summed E-state index contributed by atoms with van der Waals surface area (Å²) in [6, 6.07) is 23.4. The van der Waals surface area contributed by atoms with E-state index in [2.05, 4.69) is 52.1 Å². The number of carbonyl (C=O) groups is 1. The highest BCUT2D eigenvalue weighted by atomic mass is 32.2. The lowest BCUT2D eigenvalue weighted by molar-refractivity contribution is -0.120. The lowest BCUT2D eigenvalue weighted by atomic mass is 9.86. The SMILES string of the molecule is CC(C)c1ccc(N(CC(=O)N[C@@H](C)c2ccc(C(C)(C)C)cc2)S(=O)(=O)c2ccccc2)cc1. The van der Waals surface area contributed by atoms with E-state index in [0.29, 0.717) is 11.6 Å². The van der Waals surface area contributed by atoms with Crippen molar-refractivity contribution in [3.63, 3.8) is 0 Å². The molecule has 35 heavy (non-hydrogen) atoms. The van der Waals surface area contributed by atoms with Gasteiger partial charge < -0.3 is 5.32 Å². The molecule has 3 rings (SSSR count). The Hall–Kier alpha value is -3.12. The van der Waals surface area contributed by atoms with Crippen LogP contribution < -0.4 is 9.62 Å². The van der Waals surface area contributed by atoms with Gasteiger partial charge in [0.05, 0.1) is 16.6 Å². The molecule has 0 aliphatic carbocycles. The standard InChI is InChI=1S/C29H36N2O3S/c1-21(2)23-14-18-26(19-15-23)31(35(33,34)27-10-8-7-9-11-27)20-28(32)30-22(3)24-12-16-25(17-13-24)29(4,5)6/h7-19,21-22H,20H2,1-6H3,(H,30,32)/t22-/m0/s1. The highest BCUT2D eigenvalue weighted by Crippen LogP contribution is 2.27. The van der Waals surface area contributed by atoms with Gasteiger partial charge in [-0.25, -0.2) is 8.42 Å². The fourth-order valence-corrected chi connectivity index (χ4v) is 5.27. The van der Waals surface area contributed by atoms with E-state index in [-0.39, 0.29) is 28.8 Å². The van der Waals surface area contributed by atoms with E-state index in [4.69, 9.17) is 0 Å². The second-order valence-corrected chi connectivity index (χ2v) is 12.1. The fraction of sp³-hybridized carbons (Fsp3) is 0.345. The normalized spacial score (nSPS) is 12.9. The average molecular weight is 493 g/mol. The zero-order valence-electron chi connectivity index (χ0n) is 21.4. The van der Waals surface area contributed by atoms with E-state index in [0.717, 1.165) is 11.1 Å². The first-order valence-corrected chi connectivity index (χ1v) is 13.4. The number of amides is 1. The molecule has 0 heterocycles. The molecular formula is C29H36N2O3S. The summed E-state index contributed by atoms with van der Waals surface area (Å²) in [6.07, 6.45) is 0. The van der Waals surface area contributed by atoms with E-state index in [1.807, 2.05) is 31.2 Å². The van der Waals surface area contributed by atoms with Gasteiger partial charge in [-0.2, -0.15) is 0 Å². The fourth-order valence-electron chi connectivity index (χ4n) is 3.83. The van der Waals surface area contributed by atoms with Crippen LogP contribution in [0.4, 0.5) is 5.69 Å². The number of nitrogens with zero attached hydrogens (tertiary/aromatic N) is 1. The molecule has 0 bridgehead atoms. The molecule has 0 unspecified atom stereocenters. The molecule has 1 atom stereocenters.